The number of carbonyl (C=O) groups excluding carboxylic acids is 5. The van der Waals surface area contributed by atoms with Crippen LogP contribution < -0.4 is 43.3 Å². The number of hydroxylamine groups is 2. The van der Waals surface area contributed by atoms with Crippen molar-refractivity contribution in [2.75, 3.05) is 66.8 Å². The van der Waals surface area contributed by atoms with Crippen LogP contribution in [0.5, 0.6) is 0 Å². The van der Waals surface area contributed by atoms with Gasteiger partial charge >= 0.3 is 11.9 Å². The molecule has 0 aliphatic carbocycles. The number of carboxylic acid groups (broad SMARTS) is 1. The summed E-state index contributed by atoms with van der Waals surface area (Å²) in [6, 6.07) is -1.43. The van der Waals surface area contributed by atoms with Crippen LogP contribution in [0.25, 0.3) is 0 Å². The normalized spacial score (nSPS) is 13.2. The molecule has 20 nitrogen and oxygen atoms in total. The molecule has 11 N–H and O–H groups in total. The van der Waals surface area contributed by atoms with Crippen LogP contribution in [0.2, 0.25) is 0 Å². The fraction of sp³-hybridized carbons (Fsp3) is 0.769. The third-order valence-corrected chi connectivity index (χ3v) is 5.62. The van der Waals surface area contributed by atoms with Gasteiger partial charge in [-0.15, -0.1) is 0 Å². The molecule has 0 radical (unpaired) electrons. The lowest BCUT2D eigenvalue weighted by atomic mass is 10.1. The predicted octanol–water partition coefficient (Wildman–Crippen LogP) is -3.06. The maximum Gasteiger partial charge on any atom is 0.344 e. The Balaban J connectivity index is 0. The molecule has 21 heteroatoms. The number of unbranched alkanes of at least 4 members (excludes halogenated alkanes) is 2. The van der Waals surface area contributed by atoms with E-state index in [0.717, 1.165) is 19.3 Å². The van der Waals surface area contributed by atoms with E-state index < -0.39 is 24.0 Å². The molecule has 1 aliphatic rings. The molecule has 274 valence electrons. The number of nitrogens with one attached hydrogen (secondary N) is 6. The molecule has 0 spiro atoms. The number of rotatable bonds is 25. The van der Waals surface area contributed by atoms with Gasteiger partial charge in [0, 0.05) is 46.7 Å². The Hall–Kier alpha value is -2.99. The van der Waals surface area contributed by atoms with E-state index in [0.29, 0.717) is 58.3 Å². The third-order valence-electron chi connectivity index (χ3n) is 5.53. The van der Waals surface area contributed by atoms with Crippen LogP contribution >= 0.6 is 12.8 Å². The molecule has 1 heterocycles. The van der Waals surface area contributed by atoms with Crippen molar-refractivity contribution in [3.05, 3.63) is 0 Å². The van der Waals surface area contributed by atoms with Crippen molar-refractivity contribution >= 4 is 48.4 Å². The Morgan fingerprint density at radius 2 is 1.43 bits per heavy atom. The van der Waals surface area contributed by atoms with E-state index in [-0.39, 0.29) is 50.0 Å². The number of hydrogen-bond acceptors (Lipinski definition) is 17. The molecule has 0 aromatic carbocycles. The molecule has 2 unspecified atom stereocenters. The molecule has 4 amide bonds. The minimum Gasteiger partial charge on any atom is -0.480 e. The van der Waals surface area contributed by atoms with Gasteiger partial charge in [-0.05, 0) is 38.6 Å². The van der Waals surface area contributed by atoms with Crippen LogP contribution in [0, 0.1) is 0 Å². The summed E-state index contributed by atoms with van der Waals surface area (Å²) in [7, 11) is 2.87. The third kappa shape index (κ3) is 31.4. The predicted molar refractivity (Wildman–Crippen MR) is 170 cm³/mol. The van der Waals surface area contributed by atoms with Gasteiger partial charge in [0.05, 0.1) is 13.2 Å². The Labute approximate surface area is 279 Å². The number of methoxy groups -OCH3 is 2. The topological polar surface area (TPSA) is 293 Å². The first kappa shape index (κ1) is 46.1. The molecule has 0 aromatic heterocycles. The van der Waals surface area contributed by atoms with Crippen LogP contribution in [-0.4, -0.2) is 120 Å². The summed E-state index contributed by atoms with van der Waals surface area (Å²) in [5.41, 5.74) is 15.8. The second-order valence-electron chi connectivity index (χ2n) is 9.54. The van der Waals surface area contributed by atoms with E-state index in [1.54, 1.807) is 0 Å². The average molecular weight is 701 g/mol. The molecule has 1 aliphatic heterocycles. The van der Waals surface area contributed by atoms with Crippen LogP contribution in [0.3, 0.4) is 0 Å². The number of amides is 4. The van der Waals surface area contributed by atoms with Gasteiger partial charge in [-0.1, -0.05) is 24.1 Å². The molecular weight excluding hydrogens is 648 g/mol. The summed E-state index contributed by atoms with van der Waals surface area (Å²) in [5, 5.41) is 15.7. The molecule has 1 saturated heterocycles. The fourth-order valence-corrected chi connectivity index (χ4v) is 3.27. The zero-order valence-electron chi connectivity index (χ0n) is 27.0. The van der Waals surface area contributed by atoms with Crippen LogP contribution in [0.15, 0.2) is 0 Å². The molecular formula is C26H52N8O12S. The molecule has 0 bridgehead atoms. The van der Waals surface area contributed by atoms with Crippen molar-refractivity contribution in [1.29, 1.82) is 0 Å². The molecule has 1 rings (SSSR count). The van der Waals surface area contributed by atoms with Gasteiger partial charge < -0.3 is 41.5 Å². The monoisotopic (exact) mass is 700 g/mol. The molecule has 0 saturated carbocycles. The lowest BCUT2D eigenvalue weighted by molar-refractivity contribution is -0.154. The zero-order valence-corrected chi connectivity index (χ0v) is 27.9. The van der Waals surface area contributed by atoms with Crippen molar-refractivity contribution in [2.45, 2.75) is 63.5 Å². The second-order valence-corrected chi connectivity index (χ2v) is 9.72. The Morgan fingerprint density at radius 3 is 1.89 bits per heavy atom. The van der Waals surface area contributed by atoms with Gasteiger partial charge in [0.1, 0.15) is 25.3 Å². The van der Waals surface area contributed by atoms with Gasteiger partial charge in [0.15, 0.2) is 0 Å². The summed E-state index contributed by atoms with van der Waals surface area (Å²) in [4.78, 5) is 81.7. The smallest absolute Gasteiger partial charge is 0.344 e. The molecule has 2 atom stereocenters. The highest BCUT2D eigenvalue weighted by atomic mass is 32.1. The van der Waals surface area contributed by atoms with Crippen LogP contribution in [-0.2, 0) is 52.8 Å². The number of carboxylic acids is 1. The lowest BCUT2D eigenvalue weighted by Crippen LogP contribution is -2.41. The van der Waals surface area contributed by atoms with Gasteiger partial charge in [0.25, 0.3) is 0 Å². The first-order chi connectivity index (χ1) is 22.5. The van der Waals surface area contributed by atoms with Gasteiger partial charge in [-0.2, -0.15) is 5.48 Å². The van der Waals surface area contributed by atoms with Gasteiger partial charge in [0.2, 0.25) is 23.6 Å². The maximum atomic E-state index is 11.9. The van der Waals surface area contributed by atoms with Crippen molar-refractivity contribution in [2.24, 2.45) is 11.5 Å². The SMILES string of the molecule is COCC(=O)NCCONCCCCC(NOCCNC(=O)COC)C(=O)ONS.NCCCCC(N)C(=O)O.O=C1CCC(=O)N1. The average Bonchev–Trinajstić information content (AvgIpc) is 3.41. The summed E-state index contributed by atoms with van der Waals surface area (Å²) in [5.74, 6) is -2.28. The number of imide groups is 1. The van der Waals surface area contributed by atoms with Crippen LogP contribution in [0.4, 0.5) is 0 Å². The Kier molecular flexibility index (Phi) is 32.3. The van der Waals surface area contributed by atoms with Crippen molar-refractivity contribution in [1.82, 2.24) is 31.8 Å². The lowest BCUT2D eigenvalue weighted by Gasteiger charge is -2.16. The van der Waals surface area contributed by atoms with Gasteiger partial charge in [-0.25, -0.2) is 10.3 Å². The summed E-state index contributed by atoms with van der Waals surface area (Å²) in [6.07, 6.45) is 4.76. The zero-order chi connectivity index (χ0) is 35.7. The number of nitrogens with two attached hydrogens (primary N) is 2. The Bertz CT molecular complexity index is 877. The second kappa shape index (κ2) is 32.9. The summed E-state index contributed by atoms with van der Waals surface area (Å²) in [6.45, 7) is 2.24. The largest absolute Gasteiger partial charge is 0.480 e. The molecule has 47 heavy (non-hydrogen) atoms. The van der Waals surface area contributed by atoms with E-state index in [2.05, 4.69) is 54.0 Å². The molecule has 1 fully saturated rings. The minimum absolute atomic E-state index is 0.0139. The fourth-order valence-electron chi connectivity index (χ4n) is 3.18. The summed E-state index contributed by atoms with van der Waals surface area (Å²) >= 11 is 3.63. The van der Waals surface area contributed by atoms with E-state index in [1.165, 1.54) is 14.2 Å². The number of ether oxygens (including phenoxy) is 2. The first-order valence-electron chi connectivity index (χ1n) is 14.9. The van der Waals surface area contributed by atoms with E-state index >= 15 is 0 Å². The highest BCUT2D eigenvalue weighted by Gasteiger charge is 2.20. The summed E-state index contributed by atoms with van der Waals surface area (Å²) < 4.78 is 9.38. The van der Waals surface area contributed by atoms with Crippen LogP contribution in [0.1, 0.15) is 51.4 Å². The minimum atomic E-state index is -0.933. The number of thiol groups is 1. The standard InChI is InChI=1S/C16H33N5O8S.C6H14N2O2.C4H5NO2/c1-25-11-14(22)17-7-9-27-19-6-4-3-5-13(16(24)29-21-30)20-28-10-8-18-15(23)12-26-2;7-4-2-1-3-5(8)6(9)10;6-3-1-2-4(7)5-3/h13,19-21,30H,3-12H2,1-2H3,(H,17,22)(H,18,23);5H,1-4,7-8H2,(H,9,10);1-2H2,(H,5,6,7). The van der Waals surface area contributed by atoms with Crippen molar-refractivity contribution in [3.8, 4) is 0 Å². The number of carbonyl (C=O) groups is 6. The van der Waals surface area contributed by atoms with Crippen molar-refractivity contribution < 1.29 is 57.9 Å². The first-order valence-corrected chi connectivity index (χ1v) is 15.3. The molecule has 0 aromatic rings. The van der Waals surface area contributed by atoms with Gasteiger partial charge in [-0.3, -0.25) is 39.0 Å². The van der Waals surface area contributed by atoms with E-state index in [4.69, 9.17) is 26.2 Å². The Morgan fingerprint density at radius 1 is 0.872 bits per heavy atom. The van der Waals surface area contributed by atoms with Crippen molar-refractivity contribution in [3.63, 3.8) is 0 Å². The highest BCUT2D eigenvalue weighted by molar-refractivity contribution is 7.77. The highest BCUT2D eigenvalue weighted by Crippen LogP contribution is 2.03. The van der Waals surface area contributed by atoms with E-state index in [9.17, 15) is 28.8 Å². The number of aliphatic carboxylic acids is 1. The number of hydrogen-bond donors (Lipinski definition) is 10. The quantitative estimate of drug-likeness (QED) is 0.0196. The maximum absolute atomic E-state index is 11.9. The van der Waals surface area contributed by atoms with E-state index in [1.807, 2.05) is 4.89 Å².